The topological polar surface area (TPSA) is 75.8 Å². The number of carbonyl (C=O) groups excluding carboxylic acids is 1. The average molecular weight is 268 g/mol. The maximum atomic E-state index is 11.3. The van der Waals surface area contributed by atoms with E-state index >= 15 is 0 Å². The number of aryl methyl sites for hydroxylation is 1. The molecule has 106 valence electrons. The van der Waals surface area contributed by atoms with E-state index in [1.165, 1.54) is 7.11 Å². The summed E-state index contributed by atoms with van der Waals surface area (Å²) in [6.07, 6.45) is 0.571. The fourth-order valence-electron chi connectivity index (χ4n) is 2.46. The van der Waals surface area contributed by atoms with E-state index < -0.39 is 12.1 Å². The van der Waals surface area contributed by atoms with Gasteiger partial charge in [0.1, 0.15) is 5.76 Å². The molecule has 0 amide bonds. The number of esters is 1. The number of carbonyl (C=O) groups is 1. The van der Waals surface area contributed by atoms with Crippen LogP contribution in [0.25, 0.3) is 0 Å². The van der Waals surface area contributed by atoms with E-state index in [-0.39, 0.29) is 5.92 Å². The number of likely N-dealkylation sites (tertiary alicyclic amines) is 1. The lowest BCUT2D eigenvalue weighted by Gasteiger charge is -2.32. The highest BCUT2D eigenvalue weighted by Gasteiger charge is 2.30. The summed E-state index contributed by atoms with van der Waals surface area (Å²) >= 11 is 0. The number of nitrogens with zero attached hydrogens (tertiary/aromatic N) is 2. The van der Waals surface area contributed by atoms with E-state index in [4.69, 9.17) is 4.52 Å². The van der Waals surface area contributed by atoms with E-state index in [0.717, 1.165) is 43.9 Å². The monoisotopic (exact) mass is 268 g/mol. The van der Waals surface area contributed by atoms with Gasteiger partial charge in [0.2, 0.25) is 0 Å². The summed E-state index contributed by atoms with van der Waals surface area (Å²) in [5.41, 5.74) is 0.921. The van der Waals surface area contributed by atoms with Gasteiger partial charge in [0, 0.05) is 12.6 Å². The SMILES string of the molecule is COC(=O)C(O)C1CCN(Cc2cc(C)on2)CC1. The predicted molar refractivity (Wildman–Crippen MR) is 67.3 cm³/mol. The van der Waals surface area contributed by atoms with Crippen molar-refractivity contribution in [3.05, 3.63) is 17.5 Å². The maximum Gasteiger partial charge on any atom is 0.334 e. The van der Waals surface area contributed by atoms with E-state index in [1.54, 1.807) is 0 Å². The predicted octanol–water partition coefficient (Wildman–Crippen LogP) is 0.729. The van der Waals surface area contributed by atoms with Crippen LogP contribution in [0.15, 0.2) is 10.6 Å². The smallest absolute Gasteiger partial charge is 0.334 e. The highest BCUT2D eigenvalue weighted by Crippen LogP contribution is 2.22. The zero-order valence-corrected chi connectivity index (χ0v) is 11.3. The Morgan fingerprint density at radius 3 is 2.84 bits per heavy atom. The molecule has 0 saturated carbocycles. The van der Waals surface area contributed by atoms with Crippen LogP contribution < -0.4 is 0 Å². The third-order valence-corrected chi connectivity index (χ3v) is 3.58. The number of hydrogen-bond donors (Lipinski definition) is 1. The van der Waals surface area contributed by atoms with Gasteiger partial charge in [0.25, 0.3) is 0 Å². The molecule has 1 fully saturated rings. The summed E-state index contributed by atoms with van der Waals surface area (Å²) in [5.74, 6) is 0.263. The Bertz CT molecular complexity index is 424. The lowest BCUT2D eigenvalue weighted by atomic mass is 9.91. The third-order valence-electron chi connectivity index (χ3n) is 3.58. The molecule has 0 radical (unpaired) electrons. The van der Waals surface area contributed by atoms with Crippen LogP contribution in [0, 0.1) is 12.8 Å². The van der Waals surface area contributed by atoms with Crippen molar-refractivity contribution in [2.75, 3.05) is 20.2 Å². The third kappa shape index (κ3) is 3.54. The molecule has 0 bridgehead atoms. The number of methoxy groups -OCH3 is 1. The van der Waals surface area contributed by atoms with Crippen LogP contribution in [0.3, 0.4) is 0 Å². The number of piperidine rings is 1. The molecule has 1 aliphatic heterocycles. The van der Waals surface area contributed by atoms with Gasteiger partial charge in [-0.25, -0.2) is 4.79 Å². The van der Waals surface area contributed by atoms with Gasteiger partial charge in [-0.1, -0.05) is 5.16 Å². The molecular formula is C13H20N2O4. The number of aliphatic hydroxyl groups is 1. The first-order chi connectivity index (χ1) is 9.10. The van der Waals surface area contributed by atoms with Gasteiger partial charge in [-0.2, -0.15) is 0 Å². The van der Waals surface area contributed by atoms with Crippen molar-refractivity contribution in [3.8, 4) is 0 Å². The molecule has 6 nitrogen and oxygen atoms in total. The summed E-state index contributed by atoms with van der Waals surface area (Å²) in [4.78, 5) is 13.5. The molecule has 6 heteroatoms. The maximum absolute atomic E-state index is 11.3. The minimum atomic E-state index is -0.999. The molecule has 1 aliphatic rings. The molecule has 2 rings (SSSR count). The second-order valence-electron chi connectivity index (χ2n) is 5.01. The van der Waals surface area contributed by atoms with E-state index in [0.29, 0.717) is 0 Å². The van der Waals surface area contributed by atoms with Gasteiger partial charge in [-0.15, -0.1) is 0 Å². The molecule has 1 atom stereocenters. The van der Waals surface area contributed by atoms with Crippen LogP contribution in [0.1, 0.15) is 24.3 Å². The van der Waals surface area contributed by atoms with Crippen LogP contribution in [0.5, 0.6) is 0 Å². The Kier molecular flexibility index (Phi) is 4.55. The van der Waals surface area contributed by atoms with Crippen molar-refractivity contribution in [3.63, 3.8) is 0 Å². The Labute approximate surface area is 112 Å². The average Bonchev–Trinajstić information content (AvgIpc) is 2.83. The standard InChI is InChI=1S/C13H20N2O4/c1-9-7-11(14-19-9)8-15-5-3-10(4-6-15)12(16)13(17)18-2/h7,10,12,16H,3-6,8H2,1-2H3. The van der Waals surface area contributed by atoms with Crippen LogP contribution in [-0.2, 0) is 16.1 Å². The lowest BCUT2D eigenvalue weighted by molar-refractivity contribution is -0.154. The first kappa shape index (κ1) is 14.0. The quantitative estimate of drug-likeness (QED) is 0.811. The molecule has 19 heavy (non-hydrogen) atoms. The summed E-state index contributed by atoms with van der Waals surface area (Å²) in [5, 5.41) is 13.8. The number of hydrogen-bond acceptors (Lipinski definition) is 6. The normalized spacial score (nSPS) is 19.3. The van der Waals surface area contributed by atoms with Gasteiger partial charge in [-0.3, -0.25) is 4.90 Å². The van der Waals surface area contributed by atoms with Crippen molar-refractivity contribution in [2.45, 2.75) is 32.4 Å². The zero-order valence-electron chi connectivity index (χ0n) is 11.3. The number of rotatable bonds is 4. The molecule has 1 saturated heterocycles. The fraction of sp³-hybridized carbons (Fsp3) is 0.692. The van der Waals surface area contributed by atoms with E-state index in [1.807, 2.05) is 13.0 Å². The lowest BCUT2D eigenvalue weighted by Crippen LogP contribution is -2.40. The highest BCUT2D eigenvalue weighted by atomic mass is 16.5. The second-order valence-corrected chi connectivity index (χ2v) is 5.01. The minimum Gasteiger partial charge on any atom is -0.467 e. The van der Waals surface area contributed by atoms with Crippen molar-refractivity contribution in [1.82, 2.24) is 10.1 Å². The fourth-order valence-corrected chi connectivity index (χ4v) is 2.46. The molecular weight excluding hydrogens is 248 g/mol. The Balaban J connectivity index is 1.80. The minimum absolute atomic E-state index is 0.0113. The van der Waals surface area contributed by atoms with Gasteiger partial charge in [0.05, 0.1) is 12.8 Å². The van der Waals surface area contributed by atoms with E-state index in [2.05, 4.69) is 14.8 Å². The molecule has 2 heterocycles. The molecule has 1 aromatic heterocycles. The summed E-state index contributed by atoms with van der Waals surface area (Å²) < 4.78 is 9.60. The molecule has 0 aromatic carbocycles. The summed E-state index contributed by atoms with van der Waals surface area (Å²) in [7, 11) is 1.30. The van der Waals surface area contributed by atoms with Crippen molar-refractivity contribution >= 4 is 5.97 Å². The molecule has 1 unspecified atom stereocenters. The van der Waals surface area contributed by atoms with Crippen molar-refractivity contribution < 1.29 is 19.2 Å². The van der Waals surface area contributed by atoms with Gasteiger partial charge >= 0.3 is 5.97 Å². The van der Waals surface area contributed by atoms with Crippen molar-refractivity contribution in [1.29, 1.82) is 0 Å². The molecule has 1 N–H and O–H groups in total. The first-order valence-electron chi connectivity index (χ1n) is 6.50. The molecule has 0 aliphatic carbocycles. The highest BCUT2D eigenvalue weighted by molar-refractivity contribution is 5.74. The Morgan fingerprint density at radius 1 is 1.63 bits per heavy atom. The Morgan fingerprint density at radius 2 is 2.32 bits per heavy atom. The van der Waals surface area contributed by atoms with Crippen LogP contribution in [-0.4, -0.2) is 47.4 Å². The van der Waals surface area contributed by atoms with Crippen molar-refractivity contribution in [2.24, 2.45) is 5.92 Å². The van der Waals surface area contributed by atoms with E-state index in [9.17, 15) is 9.90 Å². The second kappa shape index (κ2) is 6.16. The van der Waals surface area contributed by atoms with Crippen LogP contribution in [0.4, 0.5) is 0 Å². The largest absolute Gasteiger partial charge is 0.467 e. The Hall–Kier alpha value is -1.40. The number of ether oxygens (including phenoxy) is 1. The summed E-state index contributed by atoms with van der Waals surface area (Å²) in [6, 6.07) is 1.93. The molecule has 1 aromatic rings. The first-order valence-corrected chi connectivity index (χ1v) is 6.50. The van der Waals surface area contributed by atoms with Gasteiger partial charge < -0.3 is 14.4 Å². The van der Waals surface area contributed by atoms with Gasteiger partial charge in [-0.05, 0) is 38.8 Å². The molecule has 0 spiro atoms. The number of aliphatic hydroxyl groups excluding tert-OH is 1. The zero-order chi connectivity index (χ0) is 13.8. The van der Waals surface area contributed by atoms with Gasteiger partial charge in [0.15, 0.2) is 6.10 Å². The number of aromatic nitrogens is 1. The summed E-state index contributed by atoms with van der Waals surface area (Å²) in [6.45, 7) is 4.29. The van der Waals surface area contributed by atoms with Crippen LogP contribution >= 0.6 is 0 Å². The van der Waals surface area contributed by atoms with Crippen LogP contribution in [0.2, 0.25) is 0 Å².